The Hall–Kier alpha value is -2.62. The Morgan fingerprint density at radius 3 is 1.41 bits per heavy atom. The maximum atomic E-state index is 4.99. The van der Waals surface area contributed by atoms with Crippen LogP contribution in [0.2, 0.25) is 0 Å². The number of hydrogen-bond donors (Lipinski definition) is 0. The number of aromatic nitrogens is 6. The van der Waals surface area contributed by atoms with Crippen LogP contribution in [0.25, 0.3) is 11.6 Å². The second-order valence-electron chi connectivity index (χ2n) is 10.6. The number of nitrogens with zero attached hydrogens (tertiary/aromatic N) is 6. The molecule has 0 fully saturated rings. The Bertz CT molecular complexity index is 1270. The van der Waals surface area contributed by atoms with E-state index in [1.165, 1.54) is 0 Å². The summed E-state index contributed by atoms with van der Waals surface area (Å²) in [6.45, 7) is 17.3. The average Bonchev–Trinajstić information content (AvgIpc) is 3.37. The summed E-state index contributed by atoms with van der Waals surface area (Å²) in [5, 5.41) is 9.64. The van der Waals surface area contributed by atoms with Gasteiger partial charge in [-0.15, -0.1) is 11.1 Å². The Morgan fingerprint density at radius 2 is 1.03 bits per heavy atom. The van der Waals surface area contributed by atoms with Gasteiger partial charge < -0.3 is 9.36 Å². The monoisotopic (exact) mass is 544 g/mol. The zero-order valence-corrected chi connectivity index (χ0v) is 22.5. The fourth-order valence-corrected chi connectivity index (χ4v) is 4.76. The van der Waals surface area contributed by atoms with Gasteiger partial charge in [-0.2, -0.15) is 0 Å². The Labute approximate surface area is 215 Å². The average molecular weight is 545 g/mol. The molecular formula is C27H30N6Pd. The summed E-state index contributed by atoms with van der Waals surface area (Å²) >= 11 is 0. The summed E-state index contributed by atoms with van der Waals surface area (Å²) in [5.74, 6) is 1.51. The van der Waals surface area contributed by atoms with Crippen LogP contribution < -0.4 is 0 Å². The van der Waals surface area contributed by atoms with Gasteiger partial charge >= 0.3 is 20.4 Å². The molecule has 5 rings (SSSR count). The van der Waals surface area contributed by atoms with Gasteiger partial charge in [0, 0.05) is 16.8 Å². The van der Waals surface area contributed by atoms with E-state index in [0.717, 1.165) is 45.5 Å². The van der Waals surface area contributed by atoms with Crippen LogP contribution >= 0.6 is 0 Å². The molecule has 0 N–H and O–H groups in total. The molecule has 0 saturated carbocycles. The molecule has 0 unspecified atom stereocenters. The molecule has 4 aromatic rings. The summed E-state index contributed by atoms with van der Waals surface area (Å²) in [6, 6.07) is 12.1. The predicted molar refractivity (Wildman–Crippen MR) is 128 cm³/mol. The first-order valence-corrected chi connectivity index (χ1v) is 11.4. The number of aryl methyl sites for hydroxylation is 2. The van der Waals surface area contributed by atoms with Gasteiger partial charge in [-0.25, -0.2) is 0 Å². The van der Waals surface area contributed by atoms with Gasteiger partial charge in [-0.3, -0.25) is 20.2 Å². The predicted octanol–water partition coefficient (Wildman–Crippen LogP) is 4.96. The molecule has 0 aliphatic carbocycles. The van der Waals surface area contributed by atoms with Gasteiger partial charge in [0.1, 0.15) is 0 Å². The Morgan fingerprint density at radius 1 is 0.647 bits per heavy atom. The summed E-state index contributed by atoms with van der Waals surface area (Å²) in [5.41, 5.74) is 4.86. The van der Waals surface area contributed by atoms with E-state index in [0.29, 0.717) is 0 Å². The molecule has 4 aromatic heterocycles. The molecule has 0 atom stereocenters. The first-order chi connectivity index (χ1) is 15.4. The van der Waals surface area contributed by atoms with Crippen molar-refractivity contribution in [1.82, 2.24) is 29.5 Å². The van der Waals surface area contributed by atoms with Crippen molar-refractivity contribution in [3.8, 4) is 11.6 Å². The first-order valence-electron chi connectivity index (χ1n) is 11.4. The third-order valence-electron chi connectivity index (χ3n) is 7.66. The van der Waals surface area contributed by atoms with Crippen LogP contribution in [-0.4, -0.2) is 29.5 Å². The molecule has 1 aliphatic heterocycles. The molecule has 34 heavy (non-hydrogen) atoms. The first kappa shape index (κ1) is 24.5. The summed E-state index contributed by atoms with van der Waals surface area (Å²) in [4.78, 5) is 9.98. The molecular weight excluding hydrogens is 515 g/mol. The van der Waals surface area contributed by atoms with Crippen molar-refractivity contribution in [2.24, 2.45) is 0 Å². The van der Waals surface area contributed by atoms with Crippen LogP contribution in [0.3, 0.4) is 0 Å². The summed E-state index contributed by atoms with van der Waals surface area (Å²) < 4.78 is 3.57. The van der Waals surface area contributed by atoms with Crippen LogP contribution in [0.4, 0.5) is 0 Å². The Balaban J connectivity index is 0.00000274. The van der Waals surface area contributed by atoms with E-state index in [1.54, 1.807) is 9.36 Å². The largest absolute Gasteiger partial charge is 2.00 e. The molecule has 178 valence electrons. The molecule has 0 aromatic carbocycles. The van der Waals surface area contributed by atoms with E-state index in [1.807, 2.05) is 50.2 Å². The fraction of sp³-hybridized carbons (Fsp3) is 0.407. The number of pyridine rings is 2. The van der Waals surface area contributed by atoms with Crippen molar-refractivity contribution in [2.45, 2.75) is 71.6 Å². The molecule has 6 nitrogen and oxygen atoms in total. The summed E-state index contributed by atoms with van der Waals surface area (Å²) in [6.07, 6.45) is 7.09. The second kappa shape index (κ2) is 7.97. The van der Waals surface area contributed by atoms with Crippen molar-refractivity contribution < 1.29 is 20.4 Å². The maximum Gasteiger partial charge on any atom is 2.00 e. The van der Waals surface area contributed by atoms with Gasteiger partial charge in [0.25, 0.3) is 0 Å². The van der Waals surface area contributed by atoms with Gasteiger partial charge in [-0.05, 0) is 48.2 Å². The number of fused-ring (bicyclic) bond motifs is 10. The van der Waals surface area contributed by atoms with Gasteiger partial charge in [0.2, 0.25) is 0 Å². The van der Waals surface area contributed by atoms with Crippen LogP contribution in [-0.2, 0) is 36.7 Å². The second-order valence-corrected chi connectivity index (χ2v) is 10.6. The smallest absolute Gasteiger partial charge is 0.343 e. The number of rotatable bonds is 0. The van der Waals surface area contributed by atoms with Crippen molar-refractivity contribution in [1.29, 1.82) is 0 Å². The van der Waals surface area contributed by atoms with Gasteiger partial charge in [-0.1, -0.05) is 78.2 Å². The molecule has 7 heteroatoms. The minimum atomic E-state index is -0.416. The van der Waals surface area contributed by atoms with Crippen LogP contribution in [0.15, 0.2) is 36.4 Å². The standard InChI is InChI=1S/C27H30N6.Pd/c1-17-19-15-32(30-17)23-13-9-11-21(28-23)25(3,4)22-12-10-14-24(29-22)33-16-20(18(2)31-33)27(7,8)26(19,5)6;/h9-14H,1-8H3;/q-2;+2. The molecule has 0 amide bonds. The van der Waals surface area contributed by atoms with E-state index in [4.69, 9.17) is 20.2 Å². The van der Waals surface area contributed by atoms with E-state index >= 15 is 0 Å². The van der Waals surface area contributed by atoms with Crippen molar-refractivity contribution in [3.63, 3.8) is 0 Å². The molecule has 0 saturated heterocycles. The van der Waals surface area contributed by atoms with Crippen LogP contribution in [0, 0.1) is 26.2 Å². The minimum Gasteiger partial charge on any atom is -0.343 e. The van der Waals surface area contributed by atoms with Crippen molar-refractivity contribution >= 4 is 0 Å². The topological polar surface area (TPSA) is 61.4 Å². The maximum absolute atomic E-state index is 4.99. The van der Waals surface area contributed by atoms with Crippen molar-refractivity contribution in [3.05, 3.63) is 82.7 Å². The van der Waals surface area contributed by atoms with Gasteiger partial charge in [0.05, 0.1) is 11.6 Å². The zero-order chi connectivity index (χ0) is 23.8. The van der Waals surface area contributed by atoms with Crippen LogP contribution in [0.5, 0.6) is 0 Å². The van der Waals surface area contributed by atoms with Crippen molar-refractivity contribution in [2.75, 3.05) is 0 Å². The normalized spacial score (nSPS) is 17.3. The fourth-order valence-electron chi connectivity index (χ4n) is 4.76. The Kier molecular flexibility index (Phi) is 5.74. The van der Waals surface area contributed by atoms with Crippen LogP contribution in [0.1, 0.15) is 75.4 Å². The van der Waals surface area contributed by atoms with Gasteiger partial charge in [0.15, 0.2) is 0 Å². The van der Waals surface area contributed by atoms with E-state index < -0.39 is 5.41 Å². The SMILES string of the molecule is Cc1nn2[c-]c1C(C)(C)C(C)(C)c1[c-]n(nc1C)-c1cccc(n1)C(C)(C)c1cccc-2n1.[Pd+2]. The molecule has 5 heterocycles. The number of hydrogen-bond acceptors (Lipinski definition) is 4. The molecule has 0 spiro atoms. The third-order valence-corrected chi connectivity index (χ3v) is 7.66. The molecule has 8 bridgehead atoms. The van der Waals surface area contributed by atoms with E-state index in [-0.39, 0.29) is 31.3 Å². The quantitative estimate of drug-likeness (QED) is 0.232. The molecule has 0 radical (unpaired) electrons. The molecule has 1 aliphatic rings. The summed E-state index contributed by atoms with van der Waals surface area (Å²) in [7, 11) is 0. The van der Waals surface area contributed by atoms with E-state index in [2.05, 4.69) is 53.9 Å². The third kappa shape index (κ3) is 3.49. The van der Waals surface area contributed by atoms with E-state index in [9.17, 15) is 0 Å². The minimum absolute atomic E-state index is 0. The zero-order valence-electron chi connectivity index (χ0n) is 21.0.